The third kappa shape index (κ3) is 3.61. The summed E-state index contributed by atoms with van der Waals surface area (Å²) in [6.07, 6.45) is -2.01. The lowest BCUT2D eigenvalue weighted by molar-refractivity contribution is -0.135. The molecule has 16 heavy (non-hydrogen) atoms. The van der Waals surface area contributed by atoms with E-state index in [9.17, 15) is 13.2 Å². The highest BCUT2D eigenvalue weighted by molar-refractivity contribution is 7.87. The van der Waals surface area contributed by atoms with Gasteiger partial charge in [-0.05, 0) is 12.1 Å². The van der Waals surface area contributed by atoms with Gasteiger partial charge in [0, 0.05) is 0 Å². The lowest BCUT2D eigenvalue weighted by atomic mass is 10.4. The van der Waals surface area contributed by atoms with Crippen molar-refractivity contribution in [3.63, 3.8) is 0 Å². The van der Waals surface area contributed by atoms with Crippen LogP contribution in [0.15, 0.2) is 35.2 Å². The molecule has 6 nitrogen and oxygen atoms in total. The van der Waals surface area contributed by atoms with Crippen molar-refractivity contribution in [1.29, 1.82) is 0 Å². The van der Waals surface area contributed by atoms with Crippen LogP contribution in [0, 0.1) is 0 Å². The van der Waals surface area contributed by atoms with E-state index in [0.717, 1.165) is 0 Å². The second kappa shape index (κ2) is 5.06. The predicted molar refractivity (Wildman–Crippen MR) is 54.5 cm³/mol. The lowest BCUT2D eigenvalue weighted by Gasteiger charge is -2.06. The highest BCUT2D eigenvalue weighted by atomic mass is 32.2. The first kappa shape index (κ1) is 12.6. The van der Waals surface area contributed by atoms with Crippen LogP contribution in [-0.4, -0.2) is 25.7 Å². The average molecular weight is 245 g/mol. The van der Waals surface area contributed by atoms with Crippen molar-refractivity contribution in [3.05, 3.63) is 30.3 Å². The number of nitrogens with two attached hydrogens (primary N) is 1. The van der Waals surface area contributed by atoms with E-state index in [4.69, 9.17) is 10.8 Å². The van der Waals surface area contributed by atoms with Gasteiger partial charge in [0.2, 0.25) is 0 Å². The van der Waals surface area contributed by atoms with Crippen LogP contribution in [0.2, 0.25) is 0 Å². The molecule has 1 aromatic rings. The molecule has 1 rings (SSSR count). The number of aliphatic hydroxyl groups excluding tert-OH is 1. The van der Waals surface area contributed by atoms with Crippen molar-refractivity contribution in [2.75, 3.05) is 0 Å². The maximum atomic E-state index is 11.5. The fraction of sp³-hybridized carbons (Fsp3) is 0.222. The van der Waals surface area contributed by atoms with E-state index >= 15 is 0 Å². The molecule has 0 bridgehead atoms. The molecule has 0 fully saturated rings. The summed E-state index contributed by atoms with van der Waals surface area (Å²) in [5.74, 6) is -1.10. The summed E-state index contributed by atoms with van der Waals surface area (Å²) in [7, 11) is -4.12. The van der Waals surface area contributed by atoms with Crippen LogP contribution >= 0.6 is 0 Å². The van der Waals surface area contributed by atoms with Crippen molar-refractivity contribution in [2.24, 2.45) is 5.73 Å². The number of benzene rings is 1. The van der Waals surface area contributed by atoms with Crippen molar-refractivity contribution in [1.82, 2.24) is 0 Å². The van der Waals surface area contributed by atoms with E-state index in [1.54, 1.807) is 6.07 Å². The Kier molecular flexibility index (Phi) is 3.99. The highest BCUT2D eigenvalue weighted by Gasteiger charge is 2.20. The number of hydrogen-bond donors (Lipinski definition) is 2. The normalized spacial score (nSPS) is 13.1. The van der Waals surface area contributed by atoms with E-state index in [-0.39, 0.29) is 4.90 Å². The second-order valence-corrected chi connectivity index (χ2v) is 4.54. The quantitative estimate of drug-likeness (QED) is 0.551. The smallest absolute Gasteiger partial charge is 0.341 e. The van der Waals surface area contributed by atoms with E-state index in [1.807, 2.05) is 0 Å². The third-order valence-corrected chi connectivity index (χ3v) is 2.87. The summed E-state index contributed by atoms with van der Waals surface area (Å²) in [6, 6.07) is 7.21. The molecule has 0 amide bonds. The molecule has 0 saturated carbocycles. The van der Waals surface area contributed by atoms with Crippen molar-refractivity contribution in [2.45, 2.75) is 17.5 Å². The van der Waals surface area contributed by atoms with Gasteiger partial charge in [0.05, 0.1) is 6.42 Å². The minimum Gasteiger partial charge on any atom is -0.378 e. The van der Waals surface area contributed by atoms with Crippen LogP contribution in [0.1, 0.15) is 6.42 Å². The minimum absolute atomic E-state index is 0.130. The molecule has 88 valence electrons. The van der Waals surface area contributed by atoms with Gasteiger partial charge < -0.3 is 15.0 Å². The fourth-order valence-corrected chi connectivity index (χ4v) is 1.86. The summed E-state index contributed by atoms with van der Waals surface area (Å²) in [6.45, 7) is 0. The molecule has 3 N–H and O–H groups in total. The number of hydrogen-bond acceptors (Lipinski definition) is 6. The van der Waals surface area contributed by atoms with Crippen molar-refractivity contribution >= 4 is 16.1 Å². The summed E-state index contributed by atoms with van der Waals surface area (Å²) >= 11 is 0. The molecular formula is C9H11NO5S. The molecular weight excluding hydrogens is 234 g/mol. The first-order valence-corrected chi connectivity index (χ1v) is 5.78. The summed E-state index contributed by atoms with van der Waals surface area (Å²) in [5, 5.41) is 8.67. The maximum Gasteiger partial charge on any atom is 0.341 e. The van der Waals surface area contributed by atoms with Gasteiger partial charge in [0.15, 0.2) is 0 Å². The molecule has 0 spiro atoms. The van der Waals surface area contributed by atoms with Gasteiger partial charge in [0.25, 0.3) is 0 Å². The minimum atomic E-state index is -4.12. The Bertz CT molecular complexity index is 454. The number of aliphatic hydroxyl groups is 1. The van der Waals surface area contributed by atoms with Crippen LogP contribution in [0.5, 0.6) is 0 Å². The van der Waals surface area contributed by atoms with E-state index in [0.29, 0.717) is 0 Å². The number of carbonyl (C=O) groups is 1. The van der Waals surface area contributed by atoms with Gasteiger partial charge in [-0.15, -0.1) is 0 Å². The van der Waals surface area contributed by atoms with Gasteiger partial charge in [0.1, 0.15) is 11.1 Å². The van der Waals surface area contributed by atoms with E-state index < -0.39 is 28.7 Å². The molecule has 0 saturated heterocycles. The van der Waals surface area contributed by atoms with Gasteiger partial charge in [-0.1, -0.05) is 18.2 Å². The molecule has 0 aliphatic carbocycles. The zero-order chi connectivity index (χ0) is 12.2. The SMILES string of the molecule is N[C@H](O)CC(=O)OS(=O)(=O)c1ccccc1. The van der Waals surface area contributed by atoms with Crippen LogP contribution in [0.25, 0.3) is 0 Å². The summed E-state index contributed by atoms with van der Waals surface area (Å²) in [4.78, 5) is 10.9. The van der Waals surface area contributed by atoms with Crippen LogP contribution in [-0.2, 0) is 19.1 Å². The predicted octanol–water partition coefficient (Wildman–Crippen LogP) is -0.414. The molecule has 1 atom stereocenters. The standard InChI is InChI=1S/C9H11NO5S/c10-8(11)6-9(12)15-16(13,14)7-4-2-1-3-5-7/h1-5,8,11H,6,10H2/t8-/m1/s1. The van der Waals surface area contributed by atoms with Gasteiger partial charge in [-0.25, -0.2) is 0 Å². The average Bonchev–Trinajstić information content (AvgIpc) is 2.16. The Morgan fingerprint density at radius 1 is 1.38 bits per heavy atom. The Hall–Kier alpha value is -1.44. The second-order valence-electron chi connectivity index (χ2n) is 2.99. The largest absolute Gasteiger partial charge is 0.378 e. The van der Waals surface area contributed by atoms with Gasteiger partial charge in [-0.3, -0.25) is 4.79 Å². The lowest BCUT2D eigenvalue weighted by Crippen LogP contribution is -2.25. The molecule has 1 aromatic carbocycles. The summed E-state index contributed by atoms with van der Waals surface area (Å²) in [5.41, 5.74) is 4.91. The molecule has 0 unspecified atom stereocenters. The third-order valence-electron chi connectivity index (χ3n) is 1.61. The molecule has 0 aromatic heterocycles. The molecule has 0 radical (unpaired) electrons. The molecule has 0 aliphatic heterocycles. The number of carbonyl (C=O) groups excluding carboxylic acids is 1. The topological polar surface area (TPSA) is 107 Å². The summed E-state index contributed by atoms with van der Waals surface area (Å²) < 4.78 is 27.1. The van der Waals surface area contributed by atoms with E-state index in [2.05, 4.69) is 4.18 Å². The molecule has 0 aliphatic rings. The van der Waals surface area contributed by atoms with Crippen LogP contribution < -0.4 is 5.73 Å². The van der Waals surface area contributed by atoms with Crippen LogP contribution in [0.3, 0.4) is 0 Å². The zero-order valence-corrected chi connectivity index (χ0v) is 9.05. The van der Waals surface area contributed by atoms with Crippen LogP contribution in [0.4, 0.5) is 0 Å². The number of rotatable bonds is 4. The van der Waals surface area contributed by atoms with Crippen molar-refractivity contribution in [3.8, 4) is 0 Å². The zero-order valence-electron chi connectivity index (χ0n) is 8.24. The Balaban J connectivity index is 2.78. The Labute approximate surface area is 92.8 Å². The monoisotopic (exact) mass is 245 g/mol. The first-order chi connectivity index (χ1) is 7.42. The Morgan fingerprint density at radius 3 is 2.44 bits per heavy atom. The van der Waals surface area contributed by atoms with Gasteiger partial charge >= 0.3 is 16.1 Å². The van der Waals surface area contributed by atoms with Gasteiger partial charge in [-0.2, -0.15) is 8.42 Å². The molecule has 0 heterocycles. The fourth-order valence-electron chi connectivity index (χ4n) is 0.962. The highest BCUT2D eigenvalue weighted by Crippen LogP contribution is 2.12. The molecule has 7 heteroatoms. The van der Waals surface area contributed by atoms with Crippen molar-refractivity contribution < 1.29 is 22.5 Å². The maximum absolute atomic E-state index is 11.5. The first-order valence-electron chi connectivity index (χ1n) is 4.38. The Morgan fingerprint density at radius 2 is 1.94 bits per heavy atom. The van der Waals surface area contributed by atoms with E-state index in [1.165, 1.54) is 24.3 Å².